The fourth-order valence-corrected chi connectivity index (χ4v) is 2.57. The van der Waals surface area contributed by atoms with Gasteiger partial charge < -0.3 is 9.84 Å². The molecule has 0 bridgehead atoms. The predicted molar refractivity (Wildman–Crippen MR) is 67.0 cm³/mol. The molecule has 0 saturated carbocycles. The summed E-state index contributed by atoms with van der Waals surface area (Å²) in [6.07, 6.45) is 0. The number of aliphatic hydroxyl groups is 1. The Morgan fingerprint density at radius 1 is 1.31 bits per heavy atom. The van der Waals surface area contributed by atoms with Crippen molar-refractivity contribution in [3.8, 4) is 16.2 Å². The molecule has 1 aromatic carbocycles. The zero-order valence-electron chi connectivity index (χ0n) is 9.36. The third-order valence-electron chi connectivity index (χ3n) is 2.48. The van der Waals surface area contributed by atoms with Crippen molar-refractivity contribution in [1.82, 2.24) is 0 Å². The number of thiophene rings is 1. The molecule has 0 amide bonds. The van der Waals surface area contributed by atoms with Gasteiger partial charge in [-0.05, 0) is 41.6 Å². The fraction of sp³-hybridized carbons (Fsp3) is 0.231. The summed E-state index contributed by atoms with van der Waals surface area (Å²) in [5.41, 5.74) is 3.23. The Bertz CT molecular complexity index is 488. The van der Waals surface area contributed by atoms with Crippen LogP contribution in [0.25, 0.3) is 10.4 Å². The molecule has 1 N–H and O–H groups in total. The Labute approximate surface area is 99.1 Å². The topological polar surface area (TPSA) is 29.5 Å². The van der Waals surface area contributed by atoms with Crippen molar-refractivity contribution >= 4 is 11.3 Å². The fourth-order valence-electron chi connectivity index (χ4n) is 1.62. The van der Waals surface area contributed by atoms with E-state index >= 15 is 0 Å². The van der Waals surface area contributed by atoms with Crippen LogP contribution in [0.1, 0.15) is 11.1 Å². The molecule has 0 unspecified atom stereocenters. The maximum absolute atomic E-state index is 9.31. The molecule has 0 spiro atoms. The molecule has 0 saturated heterocycles. The average molecular weight is 234 g/mol. The van der Waals surface area contributed by atoms with Gasteiger partial charge in [0.15, 0.2) is 0 Å². The van der Waals surface area contributed by atoms with Crippen LogP contribution in [0.15, 0.2) is 29.6 Å². The number of benzene rings is 1. The molecule has 3 heteroatoms. The molecule has 84 valence electrons. The smallest absolute Gasteiger partial charge is 0.119 e. The Balaban J connectivity index is 2.52. The maximum Gasteiger partial charge on any atom is 0.119 e. The van der Waals surface area contributed by atoms with Crippen molar-refractivity contribution in [2.45, 2.75) is 13.5 Å². The molecule has 0 fully saturated rings. The van der Waals surface area contributed by atoms with Gasteiger partial charge in [0.25, 0.3) is 0 Å². The standard InChI is InChI=1S/C13H14O2S/c1-9-5-13(16-8-9)12-6-11(15-2)4-3-10(12)7-14/h3-6,8,14H,7H2,1-2H3. The van der Waals surface area contributed by atoms with Gasteiger partial charge in [0.1, 0.15) is 5.75 Å². The van der Waals surface area contributed by atoms with E-state index < -0.39 is 0 Å². The van der Waals surface area contributed by atoms with E-state index in [0.29, 0.717) is 0 Å². The molecule has 1 aromatic heterocycles. The zero-order chi connectivity index (χ0) is 11.5. The summed E-state index contributed by atoms with van der Waals surface area (Å²) in [6.45, 7) is 2.12. The van der Waals surface area contributed by atoms with Crippen LogP contribution >= 0.6 is 11.3 Å². The van der Waals surface area contributed by atoms with Crippen LogP contribution < -0.4 is 4.74 Å². The van der Waals surface area contributed by atoms with E-state index in [0.717, 1.165) is 16.9 Å². The zero-order valence-corrected chi connectivity index (χ0v) is 10.2. The molecular formula is C13H14O2S. The van der Waals surface area contributed by atoms with Crippen LogP contribution in [-0.4, -0.2) is 12.2 Å². The second-order valence-corrected chi connectivity index (χ2v) is 4.58. The van der Waals surface area contributed by atoms with Crippen LogP contribution in [0, 0.1) is 6.92 Å². The molecule has 0 atom stereocenters. The summed E-state index contributed by atoms with van der Waals surface area (Å²) < 4.78 is 5.21. The highest BCUT2D eigenvalue weighted by atomic mass is 32.1. The average Bonchev–Trinajstić information content (AvgIpc) is 2.75. The Morgan fingerprint density at radius 3 is 2.69 bits per heavy atom. The SMILES string of the molecule is COc1ccc(CO)c(-c2cc(C)cs2)c1. The van der Waals surface area contributed by atoms with Gasteiger partial charge in [-0.1, -0.05) is 6.07 Å². The first kappa shape index (κ1) is 11.2. The molecule has 2 nitrogen and oxygen atoms in total. The molecule has 16 heavy (non-hydrogen) atoms. The molecular weight excluding hydrogens is 220 g/mol. The predicted octanol–water partition coefficient (Wildman–Crippen LogP) is 3.22. The molecule has 0 aliphatic carbocycles. The van der Waals surface area contributed by atoms with Crippen LogP contribution in [0.2, 0.25) is 0 Å². The van der Waals surface area contributed by atoms with E-state index in [-0.39, 0.29) is 6.61 Å². The van der Waals surface area contributed by atoms with Gasteiger partial charge in [0.05, 0.1) is 13.7 Å². The summed E-state index contributed by atoms with van der Waals surface area (Å²) >= 11 is 1.68. The summed E-state index contributed by atoms with van der Waals surface area (Å²) in [5, 5.41) is 11.4. The molecule has 0 aliphatic rings. The second kappa shape index (κ2) is 4.68. The van der Waals surface area contributed by atoms with Gasteiger partial charge in [-0.3, -0.25) is 0 Å². The third kappa shape index (κ3) is 2.10. The lowest BCUT2D eigenvalue weighted by atomic mass is 10.1. The van der Waals surface area contributed by atoms with Gasteiger partial charge in [-0.25, -0.2) is 0 Å². The van der Waals surface area contributed by atoms with E-state index in [1.165, 1.54) is 10.4 Å². The first-order chi connectivity index (χ1) is 7.74. The van der Waals surface area contributed by atoms with Crippen LogP contribution in [0.5, 0.6) is 5.75 Å². The maximum atomic E-state index is 9.31. The highest BCUT2D eigenvalue weighted by Gasteiger charge is 2.08. The first-order valence-electron chi connectivity index (χ1n) is 5.08. The minimum absolute atomic E-state index is 0.0519. The number of hydrogen-bond acceptors (Lipinski definition) is 3. The lowest BCUT2D eigenvalue weighted by Gasteiger charge is -2.07. The van der Waals surface area contributed by atoms with Crippen LogP contribution in [0.4, 0.5) is 0 Å². The van der Waals surface area contributed by atoms with Gasteiger partial charge in [0.2, 0.25) is 0 Å². The minimum Gasteiger partial charge on any atom is -0.497 e. The number of hydrogen-bond donors (Lipinski definition) is 1. The molecule has 0 aliphatic heterocycles. The third-order valence-corrected chi connectivity index (χ3v) is 3.56. The molecule has 2 rings (SSSR count). The van der Waals surface area contributed by atoms with E-state index in [1.54, 1.807) is 18.4 Å². The number of methoxy groups -OCH3 is 1. The molecule has 0 radical (unpaired) electrons. The van der Waals surface area contributed by atoms with E-state index in [4.69, 9.17) is 4.74 Å². The van der Waals surface area contributed by atoms with E-state index in [2.05, 4.69) is 18.4 Å². The first-order valence-corrected chi connectivity index (χ1v) is 5.96. The quantitative estimate of drug-likeness (QED) is 0.883. The molecule has 1 heterocycles. The highest BCUT2D eigenvalue weighted by Crippen LogP contribution is 2.32. The summed E-state index contributed by atoms with van der Waals surface area (Å²) in [5.74, 6) is 0.818. The summed E-state index contributed by atoms with van der Waals surface area (Å²) in [4.78, 5) is 1.17. The number of ether oxygens (including phenoxy) is 1. The van der Waals surface area contributed by atoms with Crippen molar-refractivity contribution in [3.05, 3.63) is 40.8 Å². The van der Waals surface area contributed by atoms with Gasteiger partial charge in [-0.2, -0.15) is 0 Å². The largest absolute Gasteiger partial charge is 0.497 e. The summed E-state index contributed by atoms with van der Waals surface area (Å²) in [7, 11) is 1.65. The second-order valence-electron chi connectivity index (χ2n) is 3.67. The highest BCUT2D eigenvalue weighted by molar-refractivity contribution is 7.13. The van der Waals surface area contributed by atoms with Crippen LogP contribution in [-0.2, 0) is 6.61 Å². The Kier molecular flexibility index (Phi) is 3.27. The summed E-state index contributed by atoms with van der Waals surface area (Å²) in [6, 6.07) is 7.87. The molecule has 2 aromatic rings. The lowest BCUT2D eigenvalue weighted by Crippen LogP contribution is -1.90. The minimum atomic E-state index is 0.0519. The normalized spacial score (nSPS) is 10.4. The number of rotatable bonds is 3. The van der Waals surface area contributed by atoms with E-state index in [1.807, 2.05) is 18.2 Å². The number of aliphatic hydroxyl groups excluding tert-OH is 1. The van der Waals surface area contributed by atoms with Gasteiger partial charge in [0, 0.05) is 10.4 Å². The van der Waals surface area contributed by atoms with Crippen molar-refractivity contribution in [3.63, 3.8) is 0 Å². The number of aryl methyl sites for hydroxylation is 1. The van der Waals surface area contributed by atoms with Gasteiger partial charge >= 0.3 is 0 Å². The monoisotopic (exact) mass is 234 g/mol. The van der Waals surface area contributed by atoms with Crippen molar-refractivity contribution < 1.29 is 9.84 Å². The Hall–Kier alpha value is -1.32. The van der Waals surface area contributed by atoms with Crippen molar-refractivity contribution in [2.75, 3.05) is 7.11 Å². The van der Waals surface area contributed by atoms with Gasteiger partial charge in [-0.15, -0.1) is 11.3 Å². The Morgan fingerprint density at radius 2 is 2.12 bits per heavy atom. The van der Waals surface area contributed by atoms with E-state index in [9.17, 15) is 5.11 Å². The van der Waals surface area contributed by atoms with Crippen LogP contribution in [0.3, 0.4) is 0 Å². The lowest BCUT2D eigenvalue weighted by molar-refractivity contribution is 0.282. The van der Waals surface area contributed by atoms with Crippen molar-refractivity contribution in [2.24, 2.45) is 0 Å². The van der Waals surface area contributed by atoms with Crippen molar-refractivity contribution in [1.29, 1.82) is 0 Å².